The first kappa shape index (κ1) is 11.8. The highest BCUT2D eigenvalue weighted by molar-refractivity contribution is 5.61. The molecule has 0 fully saturated rings. The molecule has 0 unspecified atom stereocenters. The molecule has 1 aromatic heterocycles. The monoisotopic (exact) mass is 233 g/mol. The topological polar surface area (TPSA) is 54.7 Å². The van der Waals surface area contributed by atoms with Gasteiger partial charge in [0.25, 0.3) is 0 Å². The zero-order valence-corrected chi connectivity index (χ0v) is 10.2. The molecule has 0 radical (unpaired) electrons. The lowest BCUT2D eigenvalue weighted by Gasteiger charge is -2.14. The minimum atomic E-state index is -0.511. The summed E-state index contributed by atoms with van der Waals surface area (Å²) in [6, 6.07) is 6.28. The number of hydrogen-bond donors (Lipinski definition) is 2. The van der Waals surface area contributed by atoms with Gasteiger partial charge < -0.3 is 10.7 Å². The highest BCUT2D eigenvalue weighted by Gasteiger charge is 2.20. The number of nitrogens with two attached hydrogens (primary N) is 1. The average molecular weight is 233 g/mol. The molecule has 4 heteroatoms. The van der Waals surface area contributed by atoms with E-state index in [0.29, 0.717) is 0 Å². The van der Waals surface area contributed by atoms with Crippen molar-refractivity contribution in [3.63, 3.8) is 0 Å². The normalized spacial score (nSPS) is 11.8. The Morgan fingerprint density at radius 3 is 2.29 bits per heavy atom. The van der Waals surface area contributed by atoms with Crippen molar-refractivity contribution >= 4 is 0 Å². The lowest BCUT2D eigenvalue weighted by atomic mass is 10.1. The van der Waals surface area contributed by atoms with Gasteiger partial charge in [-0.25, -0.2) is 9.37 Å². The summed E-state index contributed by atoms with van der Waals surface area (Å²) < 4.78 is 12.8. The van der Waals surface area contributed by atoms with Crippen molar-refractivity contribution in [3.8, 4) is 11.3 Å². The summed E-state index contributed by atoms with van der Waals surface area (Å²) in [7, 11) is 0. The molecule has 0 aliphatic carbocycles. The Morgan fingerprint density at radius 2 is 1.82 bits per heavy atom. The number of aromatic nitrogens is 2. The second-order valence-corrected chi connectivity index (χ2v) is 4.79. The molecule has 90 valence electrons. The second kappa shape index (κ2) is 3.96. The largest absolute Gasteiger partial charge is 0.344 e. The van der Waals surface area contributed by atoms with Gasteiger partial charge in [-0.1, -0.05) is 0 Å². The number of rotatable bonds is 2. The summed E-state index contributed by atoms with van der Waals surface area (Å²) in [5.41, 5.74) is 8.11. The van der Waals surface area contributed by atoms with E-state index in [9.17, 15) is 4.39 Å². The average Bonchev–Trinajstić information content (AvgIpc) is 2.61. The van der Waals surface area contributed by atoms with E-state index in [1.54, 1.807) is 12.1 Å². The van der Waals surface area contributed by atoms with Crippen molar-refractivity contribution in [1.29, 1.82) is 0 Å². The van der Waals surface area contributed by atoms with E-state index in [0.717, 1.165) is 22.8 Å². The molecule has 2 aromatic rings. The summed E-state index contributed by atoms with van der Waals surface area (Å²) in [4.78, 5) is 7.65. The van der Waals surface area contributed by atoms with Gasteiger partial charge in [0.15, 0.2) is 0 Å². The Bertz CT molecular complexity index is 521. The number of nitrogens with one attached hydrogen (secondary N) is 1. The zero-order valence-electron chi connectivity index (χ0n) is 10.2. The highest BCUT2D eigenvalue weighted by Crippen LogP contribution is 2.24. The Hall–Kier alpha value is -1.68. The van der Waals surface area contributed by atoms with Crippen LogP contribution in [0.1, 0.15) is 25.4 Å². The maximum Gasteiger partial charge on any atom is 0.126 e. The van der Waals surface area contributed by atoms with Crippen molar-refractivity contribution in [2.45, 2.75) is 26.3 Å². The molecule has 3 nitrogen and oxygen atoms in total. The van der Waals surface area contributed by atoms with Crippen LogP contribution in [0.2, 0.25) is 0 Å². The van der Waals surface area contributed by atoms with Crippen molar-refractivity contribution in [2.24, 2.45) is 5.73 Å². The van der Waals surface area contributed by atoms with Crippen LogP contribution < -0.4 is 5.73 Å². The summed E-state index contributed by atoms with van der Waals surface area (Å²) in [6.07, 6.45) is 0. The van der Waals surface area contributed by atoms with Gasteiger partial charge in [0.2, 0.25) is 0 Å². The van der Waals surface area contributed by atoms with Crippen molar-refractivity contribution in [2.75, 3.05) is 0 Å². The molecular formula is C13H16FN3. The number of hydrogen-bond acceptors (Lipinski definition) is 2. The Labute approximate surface area is 99.9 Å². The third-order valence-corrected chi connectivity index (χ3v) is 2.61. The van der Waals surface area contributed by atoms with Crippen LogP contribution in [0, 0.1) is 12.7 Å². The molecule has 0 aliphatic rings. The van der Waals surface area contributed by atoms with E-state index in [1.165, 1.54) is 12.1 Å². The lowest BCUT2D eigenvalue weighted by molar-refractivity contribution is 0.520. The summed E-state index contributed by atoms with van der Waals surface area (Å²) >= 11 is 0. The smallest absolute Gasteiger partial charge is 0.126 e. The first-order valence-corrected chi connectivity index (χ1v) is 5.50. The fraction of sp³-hybridized carbons (Fsp3) is 0.308. The molecule has 3 N–H and O–H groups in total. The third kappa shape index (κ3) is 2.36. The molecule has 17 heavy (non-hydrogen) atoms. The predicted octanol–water partition coefficient (Wildman–Crippen LogP) is 2.72. The minimum absolute atomic E-state index is 0.249. The van der Waals surface area contributed by atoms with Crippen LogP contribution in [0.3, 0.4) is 0 Å². The third-order valence-electron chi connectivity index (χ3n) is 2.61. The Morgan fingerprint density at radius 1 is 1.24 bits per heavy atom. The van der Waals surface area contributed by atoms with Gasteiger partial charge in [-0.3, -0.25) is 0 Å². The Kier molecular flexibility index (Phi) is 2.75. The molecular weight excluding hydrogens is 217 g/mol. The molecule has 0 atom stereocenters. The molecule has 0 saturated heterocycles. The van der Waals surface area contributed by atoms with Gasteiger partial charge in [-0.15, -0.1) is 0 Å². The number of imidazole rings is 1. The van der Waals surface area contributed by atoms with Gasteiger partial charge in [0.05, 0.1) is 11.2 Å². The quantitative estimate of drug-likeness (QED) is 0.838. The fourth-order valence-electron chi connectivity index (χ4n) is 1.65. The molecule has 2 rings (SSSR count). The summed E-state index contributed by atoms with van der Waals surface area (Å²) in [6.45, 7) is 5.71. The number of nitrogens with zero attached hydrogens (tertiary/aromatic N) is 1. The van der Waals surface area contributed by atoms with E-state index in [2.05, 4.69) is 9.97 Å². The number of halogens is 1. The minimum Gasteiger partial charge on any atom is -0.344 e. The molecule has 0 spiro atoms. The SMILES string of the molecule is Cc1[nH]c(C(C)(C)N)nc1-c1ccc(F)cc1. The standard InChI is InChI=1S/C13H16FN3/c1-8-11(9-4-6-10(14)7-5-9)17-12(16-8)13(2,3)15/h4-7H,15H2,1-3H3,(H,16,17). The van der Waals surface area contributed by atoms with Gasteiger partial charge >= 0.3 is 0 Å². The van der Waals surface area contributed by atoms with E-state index in [-0.39, 0.29) is 5.82 Å². The van der Waals surface area contributed by atoms with Crippen molar-refractivity contribution in [3.05, 3.63) is 41.6 Å². The van der Waals surface area contributed by atoms with E-state index in [1.807, 2.05) is 20.8 Å². The van der Waals surface area contributed by atoms with Crippen molar-refractivity contribution in [1.82, 2.24) is 9.97 Å². The number of benzene rings is 1. The van der Waals surface area contributed by atoms with E-state index >= 15 is 0 Å². The van der Waals surface area contributed by atoms with Crippen LogP contribution in [0.25, 0.3) is 11.3 Å². The first-order chi connectivity index (χ1) is 7.88. The maximum absolute atomic E-state index is 12.8. The summed E-state index contributed by atoms with van der Waals surface area (Å²) in [5, 5.41) is 0. The molecule has 0 aliphatic heterocycles. The molecule has 0 saturated carbocycles. The molecule has 0 bridgehead atoms. The maximum atomic E-state index is 12.8. The van der Waals surface area contributed by atoms with Crippen LogP contribution in [-0.2, 0) is 5.54 Å². The number of aryl methyl sites for hydroxylation is 1. The predicted molar refractivity (Wildman–Crippen MR) is 65.9 cm³/mol. The van der Waals surface area contributed by atoms with Crippen LogP contribution in [0.5, 0.6) is 0 Å². The van der Waals surface area contributed by atoms with Crippen LogP contribution in [-0.4, -0.2) is 9.97 Å². The van der Waals surface area contributed by atoms with E-state index in [4.69, 9.17) is 5.73 Å². The first-order valence-electron chi connectivity index (χ1n) is 5.50. The second-order valence-electron chi connectivity index (χ2n) is 4.79. The highest BCUT2D eigenvalue weighted by atomic mass is 19.1. The number of H-pyrrole nitrogens is 1. The van der Waals surface area contributed by atoms with Crippen LogP contribution >= 0.6 is 0 Å². The molecule has 0 amide bonds. The Balaban J connectivity index is 2.46. The van der Waals surface area contributed by atoms with Crippen LogP contribution in [0.15, 0.2) is 24.3 Å². The molecule has 1 aromatic carbocycles. The van der Waals surface area contributed by atoms with Gasteiger partial charge in [-0.05, 0) is 45.0 Å². The number of aromatic amines is 1. The summed E-state index contributed by atoms with van der Waals surface area (Å²) in [5.74, 6) is 0.482. The van der Waals surface area contributed by atoms with Crippen LogP contribution in [0.4, 0.5) is 4.39 Å². The lowest BCUT2D eigenvalue weighted by Crippen LogP contribution is -2.30. The van der Waals surface area contributed by atoms with Crippen molar-refractivity contribution < 1.29 is 4.39 Å². The van der Waals surface area contributed by atoms with Gasteiger partial charge in [0.1, 0.15) is 11.6 Å². The molecule has 1 heterocycles. The van der Waals surface area contributed by atoms with Gasteiger partial charge in [-0.2, -0.15) is 0 Å². The van der Waals surface area contributed by atoms with Gasteiger partial charge in [0, 0.05) is 11.3 Å². The van der Waals surface area contributed by atoms with E-state index < -0.39 is 5.54 Å². The zero-order chi connectivity index (χ0) is 12.6. The fourth-order valence-corrected chi connectivity index (χ4v) is 1.65.